The van der Waals surface area contributed by atoms with Crippen LogP contribution < -0.4 is 9.62 Å². The number of nitrogens with one attached hydrogen (secondary N) is 1. The van der Waals surface area contributed by atoms with Crippen LogP contribution in [0.4, 0.5) is 5.69 Å². The molecule has 0 fully saturated rings. The maximum Gasteiger partial charge on any atom is 0.264 e. The van der Waals surface area contributed by atoms with Gasteiger partial charge in [-0.05, 0) is 49.2 Å². The van der Waals surface area contributed by atoms with Crippen molar-refractivity contribution in [2.75, 3.05) is 23.1 Å². The highest BCUT2D eigenvalue weighted by atomic mass is 35.5. The minimum atomic E-state index is -3.95. The largest absolute Gasteiger partial charge is 0.354 e. The number of amides is 1. The van der Waals surface area contributed by atoms with Gasteiger partial charge in [-0.15, -0.1) is 0 Å². The number of hydrogen-bond donors (Lipinski definition) is 1. The van der Waals surface area contributed by atoms with Crippen molar-refractivity contribution in [3.63, 3.8) is 0 Å². The molecule has 0 atom stereocenters. The van der Waals surface area contributed by atoms with Crippen molar-refractivity contribution in [3.8, 4) is 0 Å². The second-order valence-electron chi connectivity index (χ2n) is 7.64. The van der Waals surface area contributed by atoms with E-state index in [2.05, 4.69) is 36.5 Å². The summed E-state index contributed by atoms with van der Waals surface area (Å²) in [6, 6.07) is 21.4. The Balaban J connectivity index is 1.66. The summed E-state index contributed by atoms with van der Waals surface area (Å²) in [5, 5.41) is 3.24. The molecule has 0 bridgehead atoms. The highest BCUT2D eigenvalue weighted by Crippen LogP contribution is 2.29. The molecule has 0 aliphatic rings. The Bertz CT molecular complexity index is 1180. The molecule has 0 aromatic heterocycles. The molecule has 0 aliphatic carbocycles. The van der Waals surface area contributed by atoms with Crippen molar-refractivity contribution >= 4 is 45.0 Å². The molecular formula is C25H27ClN2O3S2. The van der Waals surface area contributed by atoms with Crippen molar-refractivity contribution in [2.24, 2.45) is 0 Å². The molecule has 0 saturated carbocycles. The smallest absolute Gasteiger partial charge is 0.264 e. The Morgan fingerprint density at radius 3 is 2.39 bits per heavy atom. The third-order valence-electron chi connectivity index (χ3n) is 5.02. The van der Waals surface area contributed by atoms with Crippen LogP contribution in [0.3, 0.4) is 0 Å². The molecule has 0 spiro atoms. The van der Waals surface area contributed by atoms with Crippen LogP contribution in [-0.4, -0.2) is 33.2 Å². The summed E-state index contributed by atoms with van der Waals surface area (Å²) in [5.74, 6) is 1.21. The van der Waals surface area contributed by atoms with Gasteiger partial charge in [-0.1, -0.05) is 65.7 Å². The van der Waals surface area contributed by atoms with Gasteiger partial charge in [-0.25, -0.2) is 8.42 Å². The number of carbonyl (C=O) groups excluding carboxylic acids is 1. The number of hydrogen-bond acceptors (Lipinski definition) is 4. The lowest BCUT2D eigenvalue weighted by atomic mass is 10.2. The molecule has 3 aromatic rings. The maximum atomic E-state index is 13.4. The van der Waals surface area contributed by atoms with Gasteiger partial charge in [0.15, 0.2) is 0 Å². The molecule has 0 aliphatic heterocycles. The molecule has 33 heavy (non-hydrogen) atoms. The standard InChI is InChI=1S/C25H27ClN2O3S2/c1-19-8-11-21(12-9-19)18-32-15-14-27-25(29)17-28(24-16-22(26)13-10-20(24)2)33(30,31)23-6-4-3-5-7-23/h3-13,16H,14-15,17-18H2,1-2H3,(H,27,29). The first-order valence-electron chi connectivity index (χ1n) is 10.5. The number of carbonyl (C=O) groups is 1. The third kappa shape index (κ3) is 7.00. The van der Waals surface area contributed by atoms with E-state index in [0.29, 0.717) is 22.8 Å². The van der Waals surface area contributed by atoms with E-state index in [9.17, 15) is 13.2 Å². The van der Waals surface area contributed by atoms with Crippen molar-refractivity contribution in [1.29, 1.82) is 0 Å². The Morgan fingerprint density at radius 2 is 1.70 bits per heavy atom. The highest BCUT2D eigenvalue weighted by Gasteiger charge is 2.28. The van der Waals surface area contributed by atoms with Crippen LogP contribution >= 0.6 is 23.4 Å². The summed E-state index contributed by atoms with van der Waals surface area (Å²) in [4.78, 5) is 12.8. The Labute approximate surface area is 205 Å². The lowest BCUT2D eigenvalue weighted by Crippen LogP contribution is -2.41. The van der Waals surface area contributed by atoms with E-state index in [1.54, 1.807) is 55.1 Å². The van der Waals surface area contributed by atoms with E-state index in [0.717, 1.165) is 15.8 Å². The quantitative estimate of drug-likeness (QED) is 0.387. The van der Waals surface area contributed by atoms with Gasteiger partial charge in [0, 0.05) is 23.1 Å². The Morgan fingerprint density at radius 1 is 1.00 bits per heavy atom. The van der Waals surface area contributed by atoms with E-state index < -0.39 is 10.0 Å². The topological polar surface area (TPSA) is 66.5 Å². The number of thioether (sulfide) groups is 1. The Kier molecular flexibility index (Phi) is 8.83. The first kappa shape index (κ1) is 25.1. The van der Waals surface area contributed by atoms with Gasteiger partial charge in [0.25, 0.3) is 10.0 Å². The number of aryl methyl sites for hydroxylation is 2. The van der Waals surface area contributed by atoms with E-state index in [-0.39, 0.29) is 17.3 Å². The first-order chi connectivity index (χ1) is 15.8. The van der Waals surface area contributed by atoms with Crippen molar-refractivity contribution in [3.05, 3.63) is 94.5 Å². The summed E-state index contributed by atoms with van der Waals surface area (Å²) >= 11 is 7.86. The van der Waals surface area contributed by atoms with E-state index in [1.165, 1.54) is 23.3 Å². The van der Waals surface area contributed by atoms with Crippen LogP contribution in [0, 0.1) is 13.8 Å². The molecule has 0 unspecified atom stereocenters. The normalized spacial score (nSPS) is 11.2. The third-order valence-corrected chi connectivity index (χ3v) is 8.06. The predicted octanol–water partition coefficient (Wildman–Crippen LogP) is 5.20. The van der Waals surface area contributed by atoms with Crippen molar-refractivity contribution in [2.45, 2.75) is 24.5 Å². The zero-order valence-electron chi connectivity index (χ0n) is 18.6. The van der Waals surface area contributed by atoms with Crippen LogP contribution in [0.25, 0.3) is 0 Å². The van der Waals surface area contributed by atoms with Crippen LogP contribution in [0.15, 0.2) is 77.7 Å². The molecule has 8 heteroatoms. The number of halogens is 1. The molecular weight excluding hydrogens is 476 g/mol. The molecule has 174 valence electrons. The Hall–Kier alpha value is -2.48. The minimum absolute atomic E-state index is 0.117. The van der Waals surface area contributed by atoms with E-state index >= 15 is 0 Å². The zero-order chi connectivity index (χ0) is 23.8. The summed E-state index contributed by atoms with van der Waals surface area (Å²) in [7, 11) is -3.95. The predicted molar refractivity (Wildman–Crippen MR) is 138 cm³/mol. The number of anilines is 1. The summed E-state index contributed by atoms with van der Waals surface area (Å²) < 4.78 is 27.9. The highest BCUT2D eigenvalue weighted by molar-refractivity contribution is 7.98. The van der Waals surface area contributed by atoms with Gasteiger partial charge in [0.1, 0.15) is 6.54 Å². The summed E-state index contributed by atoms with van der Waals surface area (Å²) in [6.45, 7) is 3.96. The number of nitrogens with zero attached hydrogens (tertiary/aromatic N) is 1. The molecule has 3 rings (SSSR count). The molecule has 3 aromatic carbocycles. The minimum Gasteiger partial charge on any atom is -0.354 e. The monoisotopic (exact) mass is 502 g/mol. The lowest BCUT2D eigenvalue weighted by molar-refractivity contribution is -0.119. The van der Waals surface area contributed by atoms with Crippen molar-refractivity contribution in [1.82, 2.24) is 5.32 Å². The first-order valence-corrected chi connectivity index (χ1v) is 13.5. The fourth-order valence-electron chi connectivity index (χ4n) is 3.19. The molecule has 1 amide bonds. The molecule has 0 saturated heterocycles. The van der Waals surface area contributed by atoms with E-state index in [4.69, 9.17) is 11.6 Å². The average Bonchev–Trinajstić information content (AvgIpc) is 2.80. The number of benzene rings is 3. The van der Waals surface area contributed by atoms with Gasteiger partial charge in [0.2, 0.25) is 5.91 Å². The zero-order valence-corrected chi connectivity index (χ0v) is 21.0. The number of sulfonamides is 1. The second-order valence-corrected chi connectivity index (χ2v) is 11.0. The number of rotatable bonds is 10. The SMILES string of the molecule is Cc1ccc(CSCCNC(=O)CN(c2cc(Cl)ccc2C)S(=O)(=O)c2ccccc2)cc1. The van der Waals surface area contributed by atoms with Crippen LogP contribution in [0.1, 0.15) is 16.7 Å². The molecule has 5 nitrogen and oxygen atoms in total. The molecule has 0 radical (unpaired) electrons. The van der Waals surface area contributed by atoms with Crippen LogP contribution in [-0.2, 0) is 20.6 Å². The van der Waals surface area contributed by atoms with Crippen LogP contribution in [0.5, 0.6) is 0 Å². The van der Waals surface area contributed by atoms with Gasteiger partial charge in [0.05, 0.1) is 10.6 Å². The van der Waals surface area contributed by atoms with Gasteiger partial charge >= 0.3 is 0 Å². The van der Waals surface area contributed by atoms with Gasteiger partial charge < -0.3 is 5.32 Å². The summed E-state index contributed by atoms with van der Waals surface area (Å²) in [6.07, 6.45) is 0. The lowest BCUT2D eigenvalue weighted by Gasteiger charge is -2.25. The van der Waals surface area contributed by atoms with Crippen LogP contribution in [0.2, 0.25) is 5.02 Å². The average molecular weight is 503 g/mol. The fraction of sp³-hybridized carbons (Fsp3) is 0.240. The molecule has 1 N–H and O–H groups in total. The van der Waals surface area contributed by atoms with Gasteiger partial charge in [-0.3, -0.25) is 9.10 Å². The van der Waals surface area contributed by atoms with E-state index in [1.807, 2.05) is 0 Å². The van der Waals surface area contributed by atoms with Crippen molar-refractivity contribution < 1.29 is 13.2 Å². The summed E-state index contributed by atoms with van der Waals surface area (Å²) in [5.41, 5.74) is 3.55. The van der Waals surface area contributed by atoms with Gasteiger partial charge in [-0.2, -0.15) is 11.8 Å². The molecule has 0 heterocycles. The fourth-order valence-corrected chi connectivity index (χ4v) is 5.68. The second kappa shape index (κ2) is 11.6. The maximum absolute atomic E-state index is 13.4.